The fourth-order valence-corrected chi connectivity index (χ4v) is 2.42. The van der Waals surface area contributed by atoms with Crippen LogP contribution in [0.25, 0.3) is 0 Å². The third kappa shape index (κ3) is 3.14. The van der Waals surface area contributed by atoms with E-state index < -0.39 is 0 Å². The van der Waals surface area contributed by atoms with Crippen LogP contribution >= 0.6 is 0 Å². The van der Waals surface area contributed by atoms with Gasteiger partial charge in [-0.15, -0.1) is 0 Å². The van der Waals surface area contributed by atoms with Gasteiger partial charge < -0.3 is 15.5 Å². The Morgan fingerprint density at radius 2 is 2.32 bits per heavy atom. The Kier molecular flexibility index (Phi) is 4.21. The van der Waals surface area contributed by atoms with Crippen molar-refractivity contribution in [3.63, 3.8) is 0 Å². The van der Waals surface area contributed by atoms with Crippen LogP contribution in [0.5, 0.6) is 0 Å². The van der Waals surface area contributed by atoms with E-state index in [1.54, 1.807) is 4.68 Å². The third-order valence-electron chi connectivity index (χ3n) is 3.32. The molecule has 2 rings (SSSR count). The van der Waals surface area contributed by atoms with Crippen LogP contribution in [0.4, 0.5) is 5.82 Å². The second-order valence-electron chi connectivity index (χ2n) is 4.74. The van der Waals surface area contributed by atoms with E-state index in [-0.39, 0.29) is 18.0 Å². The van der Waals surface area contributed by atoms with Gasteiger partial charge >= 0.3 is 0 Å². The summed E-state index contributed by atoms with van der Waals surface area (Å²) in [6.45, 7) is 8.03. The maximum atomic E-state index is 11.5. The standard InChI is InChI=1S/C13H21N5O/c1-4-13(19)15-11-9-18(8-10(11)14-5-2)12-6-7-17(3)16-12/h4,6-7,10-11,14H,1,5,8-9H2,2-3H3,(H,15,19)/t10-,11+/m1/s1. The summed E-state index contributed by atoms with van der Waals surface area (Å²) >= 11 is 0. The highest BCUT2D eigenvalue weighted by molar-refractivity contribution is 5.87. The molecule has 1 amide bonds. The van der Waals surface area contributed by atoms with Crippen molar-refractivity contribution in [2.75, 3.05) is 24.5 Å². The van der Waals surface area contributed by atoms with Crippen LogP contribution in [0.15, 0.2) is 24.9 Å². The largest absolute Gasteiger partial charge is 0.351 e. The molecule has 0 unspecified atom stereocenters. The predicted molar refractivity (Wildman–Crippen MR) is 75.0 cm³/mol. The summed E-state index contributed by atoms with van der Waals surface area (Å²) in [5.74, 6) is 0.816. The number of anilines is 1. The van der Waals surface area contributed by atoms with Crippen molar-refractivity contribution in [3.8, 4) is 0 Å². The van der Waals surface area contributed by atoms with Gasteiger partial charge in [0, 0.05) is 38.4 Å². The summed E-state index contributed by atoms with van der Waals surface area (Å²) in [6, 6.07) is 2.30. The number of nitrogens with zero attached hydrogens (tertiary/aromatic N) is 3. The zero-order valence-corrected chi connectivity index (χ0v) is 11.5. The molecule has 1 fully saturated rings. The van der Waals surface area contributed by atoms with Gasteiger partial charge in [-0.2, -0.15) is 5.10 Å². The number of likely N-dealkylation sites (N-methyl/N-ethyl adjacent to an activating group) is 1. The molecule has 0 aromatic carbocycles. The highest BCUT2D eigenvalue weighted by Gasteiger charge is 2.33. The second kappa shape index (κ2) is 5.88. The molecule has 2 N–H and O–H groups in total. The van der Waals surface area contributed by atoms with Crippen molar-refractivity contribution in [1.29, 1.82) is 0 Å². The Balaban J connectivity index is 2.06. The van der Waals surface area contributed by atoms with Crippen molar-refractivity contribution in [2.45, 2.75) is 19.0 Å². The molecular weight excluding hydrogens is 242 g/mol. The van der Waals surface area contributed by atoms with E-state index in [2.05, 4.69) is 34.1 Å². The first-order valence-corrected chi connectivity index (χ1v) is 6.55. The molecule has 1 aromatic heterocycles. The molecule has 2 heterocycles. The van der Waals surface area contributed by atoms with Crippen LogP contribution in [0.3, 0.4) is 0 Å². The minimum Gasteiger partial charge on any atom is -0.351 e. The lowest BCUT2D eigenvalue weighted by Gasteiger charge is -2.19. The Morgan fingerprint density at radius 3 is 2.89 bits per heavy atom. The molecule has 19 heavy (non-hydrogen) atoms. The minimum atomic E-state index is -0.129. The molecule has 0 radical (unpaired) electrons. The van der Waals surface area contributed by atoms with Crippen molar-refractivity contribution in [3.05, 3.63) is 24.9 Å². The fraction of sp³-hybridized carbons (Fsp3) is 0.538. The van der Waals surface area contributed by atoms with Crippen molar-refractivity contribution >= 4 is 11.7 Å². The van der Waals surface area contributed by atoms with Gasteiger partial charge in [-0.3, -0.25) is 9.48 Å². The lowest BCUT2D eigenvalue weighted by Crippen LogP contribution is -2.48. The zero-order valence-electron chi connectivity index (χ0n) is 11.5. The lowest BCUT2D eigenvalue weighted by atomic mass is 10.1. The minimum absolute atomic E-state index is 0.0763. The first kappa shape index (κ1) is 13.6. The molecule has 2 atom stereocenters. The zero-order chi connectivity index (χ0) is 13.8. The number of amides is 1. The average molecular weight is 263 g/mol. The number of carbonyl (C=O) groups excluding carboxylic acids is 1. The van der Waals surface area contributed by atoms with Crippen LogP contribution in [-0.2, 0) is 11.8 Å². The molecular formula is C13H21N5O. The van der Waals surface area contributed by atoms with Gasteiger partial charge in [0.25, 0.3) is 0 Å². The van der Waals surface area contributed by atoms with Crippen LogP contribution < -0.4 is 15.5 Å². The van der Waals surface area contributed by atoms with Crippen LogP contribution in [0, 0.1) is 0 Å². The number of aryl methyl sites for hydroxylation is 1. The number of nitrogens with one attached hydrogen (secondary N) is 2. The Labute approximate surface area is 113 Å². The van der Waals surface area contributed by atoms with E-state index >= 15 is 0 Å². The van der Waals surface area contributed by atoms with Gasteiger partial charge in [-0.1, -0.05) is 13.5 Å². The molecule has 0 aliphatic carbocycles. The van der Waals surface area contributed by atoms with Gasteiger partial charge in [0.05, 0.1) is 6.04 Å². The van der Waals surface area contributed by atoms with Crippen LogP contribution in [-0.4, -0.2) is 47.4 Å². The van der Waals surface area contributed by atoms with Gasteiger partial charge in [0.1, 0.15) is 0 Å². The molecule has 6 nitrogen and oxygen atoms in total. The van der Waals surface area contributed by atoms with Gasteiger partial charge in [-0.05, 0) is 12.6 Å². The highest BCUT2D eigenvalue weighted by Crippen LogP contribution is 2.18. The maximum absolute atomic E-state index is 11.5. The number of rotatable bonds is 5. The molecule has 1 aliphatic rings. The molecule has 1 aliphatic heterocycles. The number of carbonyl (C=O) groups is 1. The normalized spacial score (nSPS) is 22.5. The summed E-state index contributed by atoms with van der Waals surface area (Å²) in [6.07, 6.45) is 3.24. The number of hydrogen-bond acceptors (Lipinski definition) is 4. The molecule has 0 saturated carbocycles. The third-order valence-corrected chi connectivity index (χ3v) is 3.32. The summed E-state index contributed by atoms with van der Waals surface area (Å²) in [7, 11) is 1.90. The van der Waals surface area contributed by atoms with Gasteiger partial charge in [0.2, 0.25) is 5.91 Å². The van der Waals surface area contributed by atoms with Crippen molar-refractivity contribution in [2.24, 2.45) is 7.05 Å². The number of aromatic nitrogens is 2. The molecule has 6 heteroatoms. The topological polar surface area (TPSA) is 62.2 Å². The molecule has 1 aromatic rings. The van der Waals surface area contributed by atoms with Crippen LogP contribution in [0.2, 0.25) is 0 Å². The van der Waals surface area contributed by atoms with E-state index in [9.17, 15) is 4.79 Å². The van der Waals surface area contributed by atoms with Crippen LogP contribution in [0.1, 0.15) is 6.92 Å². The summed E-state index contributed by atoms with van der Waals surface area (Å²) in [5, 5.41) is 10.8. The summed E-state index contributed by atoms with van der Waals surface area (Å²) in [4.78, 5) is 13.7. The lowest BCUT2D eigenvalue weighted by molar-refractivity contribution is -0.117. The van der Waals surface area contributed by atoms with E-state index in [0.29, 0.717) is 0 Å². The molecule has 1 saturated heterocycles. The Morgan fingerprint density at radius 1 is 1.58 bits per heavy atom. The first-order valence-electron chi connectivity index (χ1n) is 6.55. The Hall–Kier alpha value is -1.82. The number of hydrogen-bond donors (Lipinski definition) is 2. The van der Waals surface area contributed by atoms with Gasteiger partial charge in [0.15, 0.2) is 5.82 Å². The highest BCUT2D eigenvalue weighted by atomic mass is 16.1. The monoisotopic (exact) mass is 263 g/mol. The molecule has 0 bridgehead atoms. The average Bonchev–Trinajstić information content (AvgIpc) is 2.97. The van der Waals surface area contributed by atoms with E-state index in [0.717, 1.165) is 25.5 Å². The second-order valence-corrected chi connectivity index (χ2v) is 4.74. The Bertz CT molecular complexity index is 456. The van der Waals surface area contributed by atoms with E-state index in [4.69, 9.17) is 0 Å². The smallest absolute Gasteiger partial charge is 0.243 e. The SMILES string of the molecule is C=CC(=O)N[C@H]1CN(c2ccn(C)n2)C[C@H]1NCC. The molecule has 104 valence electrons. The first-order chi connectivity index (χ1) is 9.13. The fourth-order valence-electron chi connectivity index (χ4n) is 2.42. The summed E-state index contributed by atoms with van der Waals surface area (Å²) in [5.41, 5.74) is 0. The predicted octanol–water partition coefficient (Wildman–Crippen LogP) is -0.111. The summed E-state index contributed by atoms with van der Waals surface area (Å²) < 4.78 is 1.78. The van der Waals surface area contributed by atoms with E-state index in [1.807, 2.05) is 19.3 Å². The van der Waals surface area contributed by atoms with E-state index in [1.165, 1.54) is 6.08 Å². The quantitative estimate of drug-likeness (QED) is 0.728. The van der Waals surface area contributed by atoms with Crippen molar-refractivity contribution in [1.82, 2.24) is 20.4 Å². The maximum Gasteiger partial charge on any atom is 0.243 e. The molecule has 0 spiro atoms. The van der Waals surface area contributed by atoms with Crippen molar-refractivity contribution < 1.29 is 4.79 Å². The van der Waals surface area contributed by atoms with Gasteiger partial charge in [-0.25, -0.2) is 0 Å².